The minimum atomic E-state index is -2.40. The maximum atomic E-state index is 15.1. The van der Waals surface area contributed by atoms with Crippen molar-refractivity contribution in [3.63, 3.8) is 0 Å². The molecule has 13 atom stereocenters. The molecule has 654 valence electrons. The van der Waals surface area contributed by atoms with Crippen LogP contribution in [0.15, 0.2) is 48.8 Å². The maximum absolute atomic E-state index is 15.1. The molecule has 4 rings (SSSR count). The summed E-state index contributed by atoms with van der Waals surface area (Å²) in [6, 6.07) is -8.59. The number of hydrogen-bond acceptors (Lipinski definition) is 26. The monoisotopic (exact) mass is 1710 g/mol. The van der Waals surface area contributed by atoms with Crippen molar-refractivity contribution in [2.24, 2.45) is 35.1 Å². The molecule has 1 saturated heterocycles. The second-order valence-electron chi connectivity index (χ2n) is 28.6. The molecule has 3 aromatic rings. The second kappa shape index (κ2) is 51.0. The highest BCUT2D eigenvalue weighted by atomic mass is 35.5. The average molecular weight is 1720 g/mol. The molecule has 119 heavy (non-hydrogen) atoms. The molecule has 19 N–H and O–H groups in total. The van der Waals surface area contributed by atoms with E-state index in [1.165, 1.54) is 51.4 Å². The lowest BCUT2D eigenvalue weighted by Crippen LogP contribution is -2.57. The molecular formula is C77H105Cl2FN14O25. The largest absolute Gasteiger partial charge is 0.481 e. The third-order valence-corrected chi connectivity index (χ3v) is 19.8. The first-order valence-electron chi connectivity index (χ1n) is 38.4. The van der Waals surface area contributed by atoms with Crippen LogP contribution in [0.3, 0.4) is 0 Å². The highest BCUT2D eigenvalue weighted by molar-refractivity contribution is 6.37. The number of aromatic nitrogens is 1. The van der Waals surface area contributed by atoms with Gasteiger partial charge in [-0.1, -0.05) is 82.2 Å². The van der Waals surface area contributed by atoms with Crippen molar-refractivity contribution in [1.82, 2.24) is 58.2 Å². The van der Waals surface area contributed by atoms with E-state index in [2.05, 4.69) is 77.0 Å². The van der Waals surface area contributed by atoms with Crippen LogP contribution < -0.4 is 70.0 Å². The first-order valence-corrected chi connectivity index (χ1v) is 39.1. The SMILES string of the molecule is C=C1NCC(=O)N[C@H](CO)C(=O)C[C@@H]([C@H](C)CC(=O)O)C(=O)N[C@@H](CC(=O)c2cc(Cl)cc(Cl)c2NC)C(=O)O[C@H](C)[C@H](NC(=O)[C@H](CC(=O)O)CC(=O)[C@@H](CC(N)=O)NC(=O)[C@H](Cc2c[nH]c3ccc(F)cc23)NC(=O)CCCCCCCCC)C(=O)NCC(=O)N[C@@H](CCCN)C(=O)C[C@@H](COC=O)C(=O)N[C@H](C)C(=O)N[C@H]1COC=O. The smallest absolute Gasteiger partial charge is 0.329 e. The quantitative estimate of drug-likeness (QED) is 0.0117. The number of carboxylic acids is 2. The number of aromatic amines is 1. The number of amides is 10. The topological polar surface area (TPSA) is 613 Å². The number of nitrogens with one attached hydrogen (secondary N) is 12. The Morgan fingerprint density at radius 2 is 1.34 bits per heavy atom. The Hall–Kier alpha value is -11.5. The molecule has 0 radical (unpaired) electrons. The first-order chi connectivity index (χ1) is 56.4. The van der Waals surface area contributed by atoms with Crippen molar-refractivity contribution < 1.29 is 125 Å². The van der Waals surface area contributed by atoms with Crippen molar-refractivity contribution in [1.29, 1.82) is 0 Å². The zero-order chi connectivity index (χ0) is 88.8. The van der Waals surface area contributed by atoms with Gasteiger partial charge < -0.3 is 104 Å². The normalized spacial score (nSPS) is 21.0. The van der Waals surface area contributed by atoms with Crippen LogP contribution in [0.4, 0.5) is 10.1 Å². The third kappa shape index (κ3) is 33.8. The lowest BCUT2D eigenvalue weighted by molar-refractivity contribution is -0.156. The van der Waals surface area contributed by atoms with Gasteiger partial charge in [0.2, 0.25) is 59.1 Å². The molecule has 0 spiro atoms. The molecule has 1 aromatic heterocycles. The van der Waals surface area contributed by atoms with Gasteiger partial charge in [0, 0.05) is 91.3 Å². The van der Waals surface area contributed by atoms with Crippen LogP contribution in [-0.4, -0.2) is 234 Å². The number of hydrogen-bond donors (Lipinski definition) is 17. The van der Waals surface area contributed by atoms with Crippen molar-refractivity contribution in [2.45, 2.75) is 198 Å². The summed E-state index contributed by atoms with van der Waals surface area (Å²) < 4.78 is 30.2. The molecule has 2 aromatic carbocycles. The number of esters is 1. The van der Waals surface area contributed by atoms with E-state index in [1.54, 1.807) is 0 Å². The number of carboxylic acid groups (broad SMARTS) is 2. The van der Waals surface area contributed by atoms with Crippen LogP contribution in [0.5, 0.6) is 0 Å². The minimum absolute atomic E-state index is 0.00145. The molecule has 0 unspecified atom stereocenters. The Bertz CT molecular complexity index is 4170. The molecule has 10 amide bonds. The van der Waals surface area contributed by atoms with E-state index >= 15 is 4.79 Å². The van der Waals surface area contributed by atoms with E-state index in [1.807, 2.05) is 0 Å². The van der Waals surface area contributed by atoms with Gasteiger partial charge in [0.25, 0.3) is 12.9 Å². The molecule has 2 heterocycles. The predicted octanol–water partition coefficient (Wildman–Crippen LogP) is -0.0609. The van der Waals surface area contributed by atoms with Crippen molar-refractivity contribution in [2.75, 3.05) is 51.8 Å². The van der Waals surface area contributed by atoms with Crippen molar-refractivity contribution in [3.8, 4) is 0 Å². The fourth-order valence-electron chi connectivity index (χ4n) is 12.7. The van der Waals surface area contributed by atoms with Gasteiger partial charge in [-0.2, -0.15) is 0 Å². The fraction of sp³-hybridized carbons (Fsp3) is 0.545. The number of anilines is 1. The van der Waals surface area contributed by atoms with Crippen LogP contribution in [-0.2, 0) is 107 Å². The minimum Gasteiger partial charge on any atom is -0.481 e. The molecule has 42 heteroatoms. The van der Waals surface area contributed by atoms with E-state index in [0.717, 1.165) is 45.1 Å². The van der Waals surface area contributed by atoms with E-state index in [0.29, 0.717) is 29.3 Å². The number of carbonyl (C=O) groups excluding carboxylic acids is 17. The number of ether oxygens (including phenoxy) is 3. The number of unbranched alkanes of at least 4 members (excludes halogenated alkanes) is 6. The molecule has 39 nitrogen and oxygen atoms in total. The number of Topliss-reactive ketones (excluding diaryl/α,β-unsaturated/α-hetero) is 4. The third-order valence-electron chi connectivity index (χ3n) is 19.3. The van der Waals surface area contributed by atoms with E-state index in [4.69, 9.17) is 48.9 Å². The van der Waals surface area contributed by atoms with E-state index in [-0.39, 0.29) is 72.2 Å². The van der Waals surface area contributed by atoms with E-state index < -0.39 is 262 Å². The zero-order valence-electron chi connectivity index (χ0n) is 66.4. The Morgan fingerprint density at radius 1 is 0.714 bits per heavy atom. The van der Waals surface area contributed by atoms with Crippen LogP contribution in [0.2, 0.25) is 10.0 Å². The Balaban J connectivity index is 1.91. The summed E-state index contributed by atoms with van der Waals surface area (Å²) in [5.74, 6) is -28.8. The van der Waals surface area contributed by atoms with Gasteiger partial charge in [0.15, 0.2) is 23.1 Å². The maximum Gasteiger partial charge on any atom is 0.329 e. The standard InChI is InChI=1S/C77H105Cl2FN14O25/c1-7-8-9-10-11-12-13-16-64(103)89-55(21-44-31-85-52-18-17-47(80)27-49(44)52)75(114)91-54(30-63(82)102)61(100)22-43(24-68(108)109)72(111)94-69-42(5)119-77(116)56(29-59(98)50-25-46(78)26-51(79)70(50)83-6)92-74(113)48(39(2)20-67(106)107)28-62(101)57(34-95)90-65(104)32-84-40(3)58(36-118-38-97)93-71(110)41(4)87-73(112)45(35-117-37-96)23-60(99)53(15-14-19-81)88-66(105)33-86-76(69)115/h17-18,25-27,31,37-39,41-43,45,48,53-58,69,83-85,95H,3,7-16,19-24,28-30,32-36,81H2,1-2,4-6H3,(H2,82,102)(H,86,115)(H,87,112)(H,88,105)(H,89,103)(H,90,104)(H,91,114)(H,92,113)(H,93,110)(H,94,111)(H,106,107)(H,108,109)/t39-,41-,42-,43+,45+,48+,53+,54-,55+,56+,57-,58+,69+/m1/s1. The van der Waals surface area contributed by atoms with E-state index in [9.17, 15) is 106 Å². The predicted molar refractivity (Wildman–Crippen MR) is 423 cm³/mol. The molecule has 0 aliphatic carbocycles. The van der Waals surface area contributed by atoms with Crippen molar-refractivity contribution >= 4 is 153 Å². The van der Waals surface area contributed by atoms with Gasteiger partial charge in [0.05, 0.1) is 67.2 Å². The summed E-state index contributed by atoms with van der Waals surface area (Å²) in [5.41, 5.74) is 11.5. The number of rotatable bonds is 39. The number of H-pyrrole nitrogens is 1. The Labute approximate surface area is 693 Å². The van der Waals surface area contributed by atoms with Gasteiger partial charge in [-0.25, -0.2) is 9.18 Å². The number of cyclic esters (lactones) is 1. The number of ketones is 4. The lowest BCUT2D eigenvalue weighted by atomic mass is 9.84. The fourth-order valence-corrected chi connectivity index (χ4v) is 13.3. The first kappa shape index (κ1) is 99.8. The van der Waals surface area contributed by atoms with Crippen LogP contribution >= 0.6 is 23.2 Å². The van der Waals surface area contributed by atoms with Gasteiger partial charge in [-0.3, -0.25) is 86.3 Å². The summed E-state index contributed by atoms with van der Waals surface area (Å²) in [5, 5.41) is 57.2. The Kier molecular flexibility index (Phi) is 42.7. The average Bonchev–Trinajstić information content (AvgIpc) is 1.69. The second-order valence-corrected chi connectivity index (χ2v) is 29.4. The number of aliphatic hydroxyl groups is 1. The number of benzene rings is 2. The highest BCUT2D eigenvalue weighted by Gasteiger charge is 2.41. The highest BCUT2D eigenvalue weighted by Crippen LogP contribution is 2.32. The van der Waals surface area contributed by atoms with Gasteiger partial charge in [-0.05, 0) is 81.5 Å². The van der Waals surface area contributed by atoms with Crippen LogP contribution in [0, 0.1) is 29.5 Å². The molecule has 0 bridgehead atoms. The van der Waals surface area contributed by atoms with Gasteiger partial charge in [-0.15, -0.1) is 0 Å². The summed E-state index contributed by atoms with van der Waals surface area (Å²) in [6.07, 6.45) is -3.01. The molecule has 1 fully saturated rings. The summed E-state index contributed by atoms with van der Waals surface area (Å²) >= 11 is 12.8. The summed E-state index contributed by atoms with van der Waals surface area (Å²) in [4.78, 5) is 265. The number of primary amides is 1. The number of fused-ring (bicyclic) bond motifs is 1. The van der Waals surface area contributed by atoms with Gasteiger partial charge in [0.1, 0.15) is 61.4 Å². The number of halogens is 3. The Morgan fingerprint density at radius 3 is 1.97 bits per heavy atom. The molecule has 1 aliphatic rings. The lowest BCUT2D eigenvalue weighted by Gasteiger charge is -2.29. The molecule has 1 aliphatic heterocycles. The molecular weight excluding hydrogens is 1610 g/mol. The number of aliphatic carboxylic acids is 2. The van der Waals surface area contributed by atoms with Crippen LogP contribution in [0.1, 0.15) is 153 Å². The zero-order valence-corrected chi connectivity index (χ0v) is 67.9. The van der Waals surface area contributed by atoms with Gasteiger partial charge >= 0.3 is 17.9 Å². The number of carbonyl (C=O) groups is 19. The number of aliphatic hydroxyl groups excluding tert-OH is 1. The summed E-state index contributed by atoms with van der Waals surface area (Å²) in [7, 11) is 1.34. The van der Waals surface area contributed by atoms with Crippen LogP contribution in [0.25, 0.3) is 10.9 Å². The molecule has 0 saturated carbocycles. The number of nitrogens with two attached hydrogens (primary N) is 2. The van der Waals surface area contributed by atoms with Crippen molar-refractivity contribution in [3.05, 3.63) is 75.8 Å². The summed E-state index contributed by atoms with van der Waals surface area (Å²) in [6.45, 7) is 4.30.